The normalized spacial score (nSPS) is 16.6. The number of pyridine rings is 1. The number of thiazole rings is 1. The minimum Gasteiger partial charge on any atom is -0.404 e. The van der Waals surface area contributed by atoms with Crippen LogP contribution in [0.1, 0.15) is 28.1 Å². The molecule has 9 heteroatoms. The molecule has 3 N–H and O–H groups in total. The Morgan fingerprint density at radius 2 is 2.17 bits per heavy atom. The minimum absolute atomic E-state index is 0.187. The maximum atomic E-state index is 13.6. The summed E-state index contributed by atoms with van der Waals surface area (Å²) in [6.45, 7) is 0.528. The first kappa shape index (κ1) is 19.0. The number of carbonyl (C=O) groups is 1. The van der Waals surface area contributed by atoms with Gasteiger partial charge in [-0.05, 0) is 40.2 Å². The van der Waals surface area contributed by atoms with Crippen molar-refractivity contribution in [2.45, 2.75) is 12.5 Å². The molecule has 0 fully saturated rings. The summed E-state index contributed by atoms with van der Waals surface area (Å²) in [4.78, 5) is 32.3. The third-order valence-electron chi connectivity index (χ3n) is 5.14. The van der Waals surface area contributed by atoms with Gasteiger partial charge >= 0.3 is 0 Å². The van der Waals surface area contributed by atoms with Crippen LogP contribution in [-0.2, 0) is 11.2 Å². The first-order valence-corrected chi connectivity index (χ1v) is 11.0. The number of hydrogen-bond donors (Lipinski definition) is 2. The molecule has 0 spiro atoms. The Morgan fingerprint density at radius 1 is 1.27 bits per heavy atom. The number of rotatable bonds is 3. The smallest absolute Gasteiger partial charge is 0.258 e. The fourth-order valence-corrected chi connectivity index (χ4v) is 5.44. The number of imidazole rings is 1. The van der Waals surface area contributed by atoms with E-state index < -0.39 is 6.04 Å². The van der Waals surface area contributed by atoms with Crippen LogP contribution in [0.15, 0.2) is 59.6 Å². The summed E-state index contributed by atoms with van der Waals surface area (Å²) >= 11 is 5.14. The number of amides is 1. The lowest BCUT2D eigenvalue weighted by Gasteiger charge is -2.34. The molecule has 0 bridgehead atoms. The molecule has 0 saturated carbocycles. The van der Waals surface area contributed by atoms with Crippen LogP contribution in [0.4, 0.5) is 0 Å². The molecular formula is C21H17BrN6OS. The maximum absolute atomic E-state index is 13.6. The molecule has 1 aliphatic rings. The molecule has 0 aliphatic carbocycles. The van der Waals surface area contributed by atoms with Crippen LogP contribution in [0.5, 0.6) is 0 Å². The van der Waals surface area contributed by atoms with Crippen LogP contribution >= 0.6 is 27.3 Å². The van der Waals surface area contributed by atoms with E-state index in [4.69, 9.17) is 10.7 Å². The van der Waals surface area contributed by atoms with Crippen LogP contribution in [0, 0.1) is 0 Å². The van der Waals surface area contributed by atoms with Crippen molar-refractivity contribution in [3.8, 4) is 0 Å². The highest BCUT2D eigenvalue weighted by Gasteiger charge is 2.37. The molecule has 1 aromatic carbocycles. The van der Waals surface area contributed by atoms with Gasteiger partial charge in [0, 0.05) is 35.5 Å². The number of para-hydroxylation sites is 1. The van der Waals surface area contributed by atoms with E-state index in [0.29, 0.717) is 24.2 Å². The molecule has 1 atom stereocenters. The summed E-state index contributed by atoms with van der Waals surface area (Å²) in [5.74, 6) is -0.187. The van der Waals surface area contributed by atoms with E-state index in [1.807, 2.05) is 24.3 Å². The van der Waals surface area contributed by atoms with Crippen LogP contribution in [0.25, 0.3) is 15.8 Å². The zero-order valence-electron chi connectivity index (χ0n) is 15.7. The van der Waals surface area contributed by atoms with Crippen molar-refractivity contribution in [1.82, 2.24) is 24.8 Å². The van der Waals surface area contributed by atoms with Crippen molar-refractivity contribution in [1.29, 1.82) is 0 Å². The number of nitrogens with one attached hydrogen (secondary N) is 1. The van der Waals surface area contributed by atoms with E-state index in [1.54, 1.807) is 40.9 Å². The molecule has 30 heavy (non-hydrogen) atoms. The molecule has 0 saturated heterocycles. The van der Waals surface area contributed by atoms with Gasteiger partial charge < -0.3 is 15.6 Å². The summed E-state index contributed by atoms with van der Waals surface area (Å²) in [5, 5.41) is 0.815. The molecule has 1 amide bonds. The van der Waals surface area contributed by atoms with Crippen LogP contribution < -0.4 is 5.73 Å². The Labute approximate surface area is 184 Å². The van der Waals surface area contributed by atoms with Crippen LogP contribution in [-0.4, -0.2) is 37.3 Å². The van der Waals surface area contributed by atoms with Gasteiger partial charge in [0.2, 0.25) is 0 Å². The fourth-order valence-electron chi connectivity index (χ4n) is 3.74. The maximum Gasteiger partial charge on any atom is 0.258 e. The topological polar surface area (TPSA) is 101 Å². The number of benzene rings is 1. The first-order chi connectivity index (χ1) is 14.7. The van der Waals surface area contributed by atoms with Gasteiger partial charge in [-0.2, -0.15) is 0 Å². The van der Waals surface area contributed by atoms with Gasteiger partial charge in [-0.1, -0.05) is 12.1 Å². The van der Waals surface area contributed by atoms with Gasteiger partial charge in [0.15, 0.2) is 0 Å². The van der Waals surface area contributed by atoms with E-state index in [-0.39, 0.29) is 5.91 Å². The zero-order chi connectivity index (χ0) is 20.7. The average molecular weight is 481 g/mol. The van der Waals surface area contributed by atoms with Gasteiger partial charge in [0.25, 0.3) is 5.91 Å². The molecular weight excluding hydrogens is 464 g/mol. The number of aromatic amines is 1. The predicted octanol–water partition coefficient (Wildman–Crippen LogP) is 3.65. The zero-order valence-corrected chi connectivity index (χ0v) is 18.2. The van der Waals surface area contributed by atoms with Crippen molar-refractivity contribution in [3.63, 3.8) is 0 Å². The Hall–Kier alpha value is -3.04. The second-order valence-corrected chi connectivity index (χ2v) is 8.77. The Morgan fingerprint density at radius 3 is 2.93 bits per heavy atom. The highest BCUT2D eigenvalue weighted by atomic mass is 79.9. The number of H-pyrrole nitrogens is 1. The van der Waals surface area contributed by atoms with E-state index >= 15 is 0 Å². The summed E-state index contributed by atoms with van der Waals surface area (Å²) in [5.41, 5.74) is 9.50. The van der Waals surface area contributed by atoms with Crippen molar-refractivity contribution < 1.29 is 4.79 Å². The lowest BCUT2D eigenvalue weighted by molar-refractivity contribution is -0.127. The van der Waals surface area contributed by atoms with Gasteiger partial charge in [0.1, 0.15) is 11.0 Å². The third-order valence-corrected chi connectivity index (χ3v) is 6.86. The summed E-state index contributed by atoms with van der Waals surface area (Å²) in [6.07, 6.45) is 5.34. The molecule has 1 aliphatic heterocycles. The number of hydrogen-bond acceptors (Lipinski definition) is 6. The lowest BCUT2D eigenvalue weighted by atomic mass is 10.0. The van der Waals surface area contributed by atoms with Crippen molar-refractivity contribution in [2.24, 2.45) is 5.73 Å². The van der Waals surface area contributed by atoms with Crippen LogP contribution in [0.3, 0.4) is 0 Å². The molecule has 7 nitrogen and oxygen atoms in total. The molecule has 4 aromatic rings. The van der Waals surface area contributed by atoms with Crippen molar-refractivity contribution in [2.75, 3.05) is 6.54 Å². The van der Waals surface area contributed by atoms with Gasteiger partial charge in [-0.25, -0.2) is 9.97 Å². The summed E-state index contributed by atoms with van der Waals surface area (Å²) in [6, 6.07) is 11.0. The van der Waals surface area contributed by atoms with Gasteiger partial charge in [0.05, 0.1) is 33.5 Å². The Balaban J connectivity index is 1.62. The second kappa shape index (κ2) is 7.66. The second-order valence-electron chi connectivity index (χ2n) is 6.85. The first-order valence-electron chi connectivity index (χ1n) is 9.38. The van der Waals surface area contributed by atoms with E-state index in [1.165, 1.54) is 6.20 Å². The fraction of sp³-hybridized carbons (Fsp3) is 0.143. The summed E-state index contributed by atoms with van der Waals surface area (Å²) in [7, 11) is 0. The van der Waals surface area contributed by atoms with Gasteiger partial charge in [-0.3, -0.25) is 9.78 Å². The highest BCUT2D eigenvalue weighted by molar-refractivity contribution is 9.10. The number of nitrogens with two attached hydrogens (primary N) is 1. The number of carbonyl (C=O) groups excluding carboxylic acids is 1. The number of aromatic nitrogens is 4. The SMILES string of the molecule is NC=C(C(=O)N1CCc2[nH]cnc2[C@H]1c1nc2c(Br)cccc2s1)c1ccccn1. The summed E-state index contributed by atoms with van der Waals surface area (Å²) < 4.78 is 1.98. The minimum atomic E-state index is -0.393. The third kappa shape index (κ3) is 3.10. The number of halogens is 1. The van der Waals surface area contributed by atoms with Crippen molar-refractivity contribution in [3.05, 3.63) is 81.7 Å². The number of fused-ring (bicyclic) bond motifs is 2. The van der Waals surface area contributed by atoms with E-state index in [2.05, 4.69) is 30.9 Å². The molecule has 3 aromatic heterocycles. The Bertz CT molecular complexity index is 1260. The highest BCUT2D eigenvalue weighted by Crippen LogP contribution is 2.39. The van der Waals surface area contributed by atoms with E-state index in [0.717, 1.165) is 31.1 Å². The number of nitrogens with zero attached hydrogens (tertiary/aromatic N) is 4. The predicted molar refractivity (Wildman–Crippen MR) is 120 cm³/mol. The molecule has 0 radical (unpaired) electrons. The van der Waals surface area contributed by atoms with Crippen molar-refractivity contribution >= 4 is 49.0 Å². The Kier molecular flexibility index (Phi) is 4.84. The quantitative estimate of drug-likeness (QED) is 0.435. The largest absolute Gasteiger partial charge is 0.404 e. The lowest BCUT2D eigenvalue weighted by Crippen LogP contribution is -2.41. The average Bonchev–Trinajstić information content (AvgIpc) is 3.42. The standard InChI is InChI=1S/C21H17BrN6OS/c22-13-4-3-6-16-17(13)27-20(30-16)19-18-15(25-11-26-18)7-9-28(19)21(29)12(10-23)14-5-1-2-8-24-14/h1-6,8,10-11,19H,7,9,23H2,(H,25,26)/t19-/m0/s1. The molecule has 5 rings (SSSR count). The molecule has 150 valence electrons. The van der Waals surface area contributed by atoms with Gasteiger partial charge in [-0.15, -0.1) is 11.3 Å². The molecule has 4 heterocycles. The van der Waals surface area contributed by atoms with E-state index in [9.17, 15) is 4.79 Å². The van der Waals surface area contributed by atoms with Crippen LogP contribution in [0.2, 0.25) is 0 Å². The monoisotopic (exact) mass is 480 g/mol. The molecule has 0 unspecified atom stereocenters.